The molecule has 1 N–H and O–H groups in total. The van der Waals surface area contributed by atoms with Gasteiger partial charge in [-0.2, -0.15) is 9.57 Å². The number of hydrogen-bond acceptors (Lipinski definition) is 6. The number of rotatable bonds is 4. The van der Waals surface area contributed by atoms with Gasteiger partial charge in [0, 0.05) is 58.6 Å². The van der Waals surface area contributed by atoms with E-state index in [-0.39, 0.29) is 16.4 Å². The van der Waals surface area contributed by atoms with Gasteiger partial charge in [-0.05, 0) is 12.1 Å². The van der Waals surface area contributed by atoms with Crippen molar-refractivity contribution in [1.82, 2.24) is 19.4 Å². The normalized spacial score (nSPS) is 19.6. The maximum absolute atomic E-state index is 12.7. The maximum Gasteiger partial charge on any atom is 0.266 e. The average Bonchev–Trinajstić information content (AvgIpc) is 2.73. The Labute approximate surface area is 159 Å². The SMILES string of the molecule is N#C/C(=C/N1CCN(S(=O)(=O)c2ccccc2)CC1)C(=O)N1CCNCC1. The smallest absolute Gasteiger partial charge is 0.266 e. The first kappa shape index (κ1) is 19.4. The van der Waals surface area contributed by atoms with E-state index in [1.54, 1.807) is 41.4 Å². The molecule has 0 aromatic heterocycles. The highest BCUT2D eigenvalue weighted by atomic mass is 32.2. The Morgan fingerprint density at radius 1 is 1.04 bits per heavy atom. The number of benzene rings is 1. The molecule has 0 radical (unpaired) electrons. The van der Waals surface area contributed by atoms with Crippen LogP contribution in [0.3, 0.4) is 0 Å². The Morgan fingerprint density at radius 2 is 1.67 bits per heavy atom. The summed E-state index contributed by atoms with van der Waals surface area (Å²) in [5.41, 5.74) is 0.0938. The predicted molar refractivity (Wildman–Crippen MR) is 99.9 cm³/mol. The number of nitrogens with one attached hydrogen (secondary N) is 1. The Hall–Kier alpha value is -2.41. The summed E-state index contributed by atoms with van der Waals surface area (Å²) in [5, 5.41) is 12.5. The van der Waals surface area contributed by atoms with Crippen LogP contribution in [0.25, 0.3) is 0 Å². The minimum atomic E-state index is -3.51. The average molecular weight is 389 g/mol. The Kier molecular flexibility index (Phi) is 6.11. The van der Waals surface area contributed by atoms with Gasteiger partial charge in [0.15, 0.2) is 0 Å². The monoisotopic (exact) mass is 389 g/mol. The molecule has 2 aliphatic heterocycles. The molecule has 9 heteroatoms. The lowest BCUT2D eigenvalue weighted by Gasteiger charge is -2.34. The van der Waals surface area contributed by atoms with Crippen LogP contribution in [0.2, 0.25) is 0 Å². The van der Waals surface area contributed by atoms with Crippen LogP contribution in [0.1, 0.15) is 0 Å². The van der Waals surface area contributed by atoms with Gasteiger partial charge in [-0.25, -0.2) is 8.42 Å². The Bertz CT molecular complexity index is 833. The van der Waals surface area contributed by atoms with Gasteiger partial charge in [-0.1, -0.05) is 18.2 Å². The predicted octanol–water partition coefficient (Wildman–Crippen LogP) is -0.168. The molecular formula is C18H23N5O3S. The first-order valence-electron chi connectivity index (χ1n) is 8.93. The summed E-state index contributed by atoms with van der Waals surface area (Å²) < 4.78 is 26.8. The van der Waals surface area contributed by atoms with Crippen LogP contribution in [0.4, 0.5) is 0 Å². The van der Waals surface area contributed by atoms with Gasteiger partial charge >= 0.3 is 0 Å². The molecule has 2 saturated heterocycles. The molecule has 1 aromatic carbocycles. The summed E-state index contributed by atoms with van der Waals surface area (Å²) >= 11 is 0. The fourth-order valence-corrected chi connectivity index (χ4v) is 4.61. The van der Waals surface area contributed by atoms with E-state index in [0.29, 0.717) is 39.3 Å². The van der Waals surface area contributed by atoms with Gasteiger partial charge in [0.1, 0.15) is 11.6 Å². The molecular weight excluding hydrogens is 366 g/mol. The highest BCUT2D eigenvalue weighted by molar-refractivity contribution is 7.89. The van der Waals surface area contributed by atoms with Crippen LogP contribution in [0, 0.1) is 11.3 Å². The van der Waals surface area contributed by atoms with E-state index in [0.717, 1.165) is 13.1 Å². The van der Waals surface area contributed by atoms with Crippen molar-refractivity contribution < 1.29 is 13.2 Å². The Morgan fingerprint density at radius 3 is 2.26 bits per heavy atom. The van der Waals surface area contributed by atoms with Crippen molar-refractivity contribution >= 4 is 15.9 Å². The van der Waals surface area contributed by atoms with Crippen LogP contribution >= 0.6 is 0 Å². The molecule has 2 fully saturated rings. The molecule has 1 amide bonds. The van der Waals surface area contributed by atoms with E-state index in [9.17, 15) is 18.5 Å². The summed E-state index contributed by atoms with van der Waals surface area (Å²) in [6, 6.07) is 10.3. The van der Waals surface area contributed by atoms with Crippen molar-refractivity contribution in [1.29, 1.82) is 5.26 Å². The summed E-state index contributed by atoms with van der Waals surface area (Å²) in [7, 11) is -3.51. The topological polar surface area (TPSA) is 96.7 Å². The van der Waals surface area contributed by atoms with E-state index < -0.39 is 10.0 Å². The maximum atomic E-state index is 12.7. The first-order chi connectivity index (χ1) is 13.0. The number of amides is 1. The van der Waals surface area contributed by atoms with Crippen LogP contribution in [0.5, 0.6) is 0 Å². The number of nitrogens with zero attached hydrogens (tertiary/aromatic N) is 4. The summed E-state index contributed by atoms with van der Waals surface area (Å²) in [6.45, 7) is 4.11. The number of nitriles is 1. The zero-order valence-electron chi connectivity index (χ0n) is 15.0. The van der Waals surface area contributed by atoms with Crippen molar-refractivity contribution in [2.75, 3.05) is 52.4 Å². The van der Waals surface area contributed by atoms with Crippen LogP contribution < -0.4 is 5.32 Å². The van der Waals surface area contributed by atoms with Crippen molar-refractivity contribution in [3.8, 4) is 6.07 Å². The molecule has 8 nitrogen and oxygen atoms in total. The fourth-order valence-electron chi connectivity index (χ4n) is 3.17. The number of hydrogen-bond donors (Lipinski definition) is 1. The second-order valence-corrected chi connectivity index (χ2v) is 8.39. The molecule has 0 bridgehead atoms. The van der Waals surface area contributed by atoms with Gasteiger partial charge in [0.05, 0.1) is 4.90 Å². The van der Waals surface area contributed by atoms with Crippen molar-refractivity contribution in [3.05, 3.63) is 42.1 Å². The molecule has 27 heavy (non-hydrogen) atoms. The minimum Gasteiger partial charge on any atom is -0.373 e. The molecule has 2 aliphatic rings. The van der Waals surface area contributed by atoms with E-state index >= 15 is 0 Å². The van der Waals surface area contributed by atoms with E-state index in [1.165, 1.54) is 4.31 Å². The second-order valence-electron chi connectivity index (χ2n) is 6.45. The van der Waals surface area contributed by atoms with Crippen LogP contribution in [-0.4, -0.2) is 80.8 Å². The highest BCUT2D eigenvalue weighted by Gasteiger charge is 2.28. The third-order valence-electron chi connectivity index (χ3n) is 4.72. The van der Waals surface area contributed by atoms with Crippen molar-refractivity contribution in [3.63, 3.8) is 0 Å². The summed E-state index contributed by atoms with van der Waals surface area (Å²) in [4.78, 5) is 16.3. The third-order valence-corrected chi connectivity index (χ3v) is 6.63. The molecule has 0 atom stereocenters. The van der Waals surface area contributed by atoms with Crippen molar-refractivity contribution in [2.24, 2.45) is 0 Å². The largest absolute Gasteiger partial charge is 0.373 e. The van der Waals surface area contributed by atoms with Gasteiger partial charge in [0.2, 0.25) is 10.0 Å². The molecule has 0 saturated carbocycles. The molecule has 0 spiro atoms. The summed E-state index contributed by atoms with van der Waals surface area (Å²) in [6.07, 6.45) is 1.57. The molecule has 0 aliphatic carbocycles. The minimum absolute atomic E-state index is 0.0938. The van der Waals surface area contributed by atoms with Gasteiger partial charge in [-0.15, -0.1) is 0 Å². The van der Waals surface area contributed by atoms with Crippen molar-refractivity contribution in [2.45, 2.75) is 4.90 Å². The third kappa shape index (κ3) is 4.47. The van der Waals surface area contributed by atoms with Gasteiger partial charge in [0.25, 0.3) is 5.91 Å². The summed E-state index contributed by atoms with van der Waals surface area (Å²) in [5.74, 6) is -0.265. The molecule has 1 aromatic rings. The lowest BCUT2D eigenvalue weighted by Crippen LogP contribution is -2.48. The zero-order valence-corrected chi connectivity index (χ0v) is 15.9. The standard InChI is InChI=1S/C18H23N5O3S/c19-14-16(18(24)22-8-6-20-7-9-22)15-21-10-12-23(13-11-21)27(25,26)17-4-2-1-3-5-17/h1-5,15,20H,6-13H2/b16-15-. The molecule has 0 unspecified atom stereocenters. The number of piperazine rings is 2. The second kappa shape index (κ2) is 8.52. The van der Waals surface area contributed by atoms with Crippen LogP contribution in [0.15, 0.2) is 47.0 Å². The number of carbonyl (C=O) groups is 1. The molecule has 144 valence electrons. The van der Waals surface area contributed by atoms with E-state index in [1.807, 2.05) is 11.0 Å². The lowest BCUT2D eigenvalue weighted by atomic mass is 10.2. The van der Waals surface area contributed by atoms with E-state index in [4.69, 9.17) is 0 Å². The number of sulfonamides is 1. The molecule has 3 rings (SSSR count). The zero-order chi connectivity index (χ0) is 19.3. The Balaban J connectivity index is 1.63. The van der Waals surface area contributed by atoms with E-state index in [2.05, 4.69) is 5.32 Å². The first-order valence-corrected chi connectivity index (χ1v) is 10.4. The molecule has 2 heterocycles. The lowest BCUT2D eigenvalue weighted by molar-refractivity contribution is -0.127. The fraction of sp³-hybridized carbons (Fsp3) is 0.444. The highest BCUT2D eigenvalue weighted by Crippen LogP contribution is 2.17. The van der Waals surface area contributed by atoms with Crippen LogP contribution in [-0.2, 0) is 14.8 Å². The van der Waals surface area contributed by atoms with Gasteiger partial charge in [-0.3, -0.25) is 4.79 Å². The quantitative estimate of drug-likeness (QED) is 0.567. The van der Waals surface area contributed by atoms with Gasteiger partial charge < -0.3 is 15.1 Å². The number of carbonyl (C=O) groups excluding carboxylic acids is 1.